The highest BCUT2D eigenvalue weighted by atomic mass is 28.4. The van der Waals surface area contributed by atoms with Crippen molar-refractivity contribution in [3.05, 3.63) is 0 Å². The van der Waals surface area contributed by atoms with E-state index in [0.717, 1.165) is 36.5 Å². The van der Waals surface area contributed by atoms with E-state index in [0.29, 0.717) is 10.8 Å². The highest BCUT2D eigenvalue weighted by Crippen LogP contribution is 2.66. The van der Waals surface area contributed by atoms with Crippen LogP contribution < -0.4 is 0 Å². The Labute approximate surface area is 209 Å². The first-order valence-corrected chi connectivity index (χ1v) is 21.0. The van der Waals surface area contributed by atoms with Gasteiger partial charge in [0.15, 0.2) is 16.6 Å². The summed E-state index contributed by atoms with van der Waals surface area (Å²) in [6, 6.07) is 2.63. The van der Waals surface area contributed by atoms with Crippen molar-refractivity contribution in [3.8, 4) is 0 Å². The van der Waals surface area contributed by atoms with Crippen LogP contribution in [-0.2, 0) is 4.12 Å². The van der Waals surface area contributed by atoms with Gasteiger partial charge in [-0.05, 0) is 131 Å². The smallest absolute Gasteiger partial charge is 0.173 e. The molecule has 2 nitrogen and oxygen atoms in total. The Bertz CT molecular complexity index is 619. The molecule has 4 aliphatic rings. The molecule has 4 aliphatic carbocycles. The lowest BCUT2D eigenvalue weighted by Gasteiger charge is -2.60. The van der Waals surface area contributed by atoms with E-state index < -0.39 is 16.6 Å². The van der Waals surface area contributed by atoms with Crippen LogP contribution in [0.15, 0.2) is 0 Å². The van der Waals surface area contributed by atoms with E-state index in [9.17, 15) is 5.11 Å². The third-order valence-corrected chi connectivity index (χ3v) is 18.5. The summed E-state index contributed by atoms with van der Waals surface area (Å²) in [6.45, 7) is 19.2. The predicted molar refractivity (Wildman–Crippen MR) is 149 cm³/mol. The quantitative estimate of drug-likeness (QED) is 0.373. The topological polar surface area (TPSA) is 29.5 Å². The Balaban J connectivity index is 0.000000207. The van der Waals surface area contributed by atoms with Crippen molar-refractivity contribution in [2.24, 2.45) is 34.5 Å². The molecule has 0 aliphatic heterocycles. The van der Waals surface area contributed by atoms with Crippen LogP contribution in [0.2, 0.25) is 38.3 Å². The van der Waals surface area contributed by atoms with Gasteiger partial charge in [-0.3, -0.25) is 0 Å². The molecule has 0 aromatic carbocycles. The molecule has 194 valence electrons. The molecule has 0 aromatic heterocycles. The van der Waals surface area contributed by atoms with Gasteiger partial charge < -0.3 is 9.22 Å². The summed E-state index contributed by atoms with van der Waals surface area (Å²) in [5.74, 6) is 3.85. The fraction of sp³-hybridized carbons (Fsp3) is 1.00. The Kier molecular flexibility index (Phi) is 9.11. The lowest BCUT2D eigenvalue weighted by molar-refractivity contribution is -0.120. The van der Waals surface area contributed by atoms with Gasteiger partial charge in [-0.2, -0.15) is 0 Å². The van der Waals surface area contributed by atoms with E-state index in [1.807, 2.05) is 0 Å². The summed E-state index contributed by atoms with van der Waals surface area (Å²) in [4.78, 5) is 0. The molecule has 33 heavy (non-hydrogen) atoms. The largest absolute Gasteiger partial charge is 0.455 e. The normalized spacial score (nSPS) is 40.8. The molecule has 0 spiro atoms. The predicted octanol–water partition coefficient (Wildman–Crippen LogP) is 9.01. The molecule has 4 saturated carbocycles. The first kappa shape index (κ1) is 27.9. The fourth-order valence-corrected chi connectivity index (χ4v) is 18.5. The molecule has 0 amide bonds. The Morgan fingerprint density at radius 2 is 1.42 bits per heavy atom. The van der Waals surface area contributed by atoms with Crippen LogP contribution in [0.5, 0.6) is 0 Å². The van der Waals surface area contributed by atoms with E-state index in [1.54, 1.807) is 0 Å². The SMILES string of the molecule is CCC[Si](C)(C)O[Si](C)(C)CCC.C[C@@]12CCC[C@H]1[C@@H]1CC[C@H]3C[C@H](O)CC[C@]3(C)[C@H]1CC2. The van der Waals surface area contributed by atoms with Crippen molar-refractivity contribution in [1.82, 2.24) is 0 Å². The number of hydrogen-bond acceptors (Lipinski definition) is 2. The molecule has 0 saturated heterocycles. The number of fused-ring (bicyclic) bond motifs is 5. The van der Waals surface area contributed by atoms with Gasteiger partial charge in [0, 0.05) is 0 Å². The standard InChI is InChI=1S/C19H32O.C10H26OSi2/c1-18-9-3-4-16(18)15-6-5-13-12-14(20)7-11-19(13,2)17(15)8-10-18;1-7-9-12(3,4)11-13(5,6)10-8-2/h13-17,20H,3-12H2,1-2H3;7-10H2,1-6H3/t13-,14+,15-,16-,17-,18-,19-;/m0./s1. The lowest BCUT2D eigenvalue weighted by Crippen LogP contribution is -2.53. The second kappa shape index (κ2) is 10.8. The van der Waals surface area contributed by atoms with Crippen LogP contribution in [0.3, 0.4) is 0 Å². The van der Waals surface area contributed by atoms with Crippen LogP contribution in [0.25, 0.3) is 0 Å². The van der Waals surface area contributed by atoms with E-state index in [-0.39, 0.29) is 6.10 Å². The van der Waals surface area contributed by atoms with E-state index in [4.69, 9.17) is 4.12 Å². The third-order valence-electron chi connectivity index (χ3n) is 10.7. The van der Waals surface area contributed by atoms with Gasteiger partial charge in [0.05, 0.1) is 6.10 Å². The highest BCUT2D eigenvalue weighted by Gasteiger charge is 2.57. The second-order valence-corrected chi connectivity index (χ2v) is 23.1. The number of rotatable bonds is 6. The lowest BCUT2D eigenvalue weighted by atomic mass is 9.45. The summed E-state index contributed by atoms with van der Waals surface area (Å²) in [7, 11) is -2.63. The van der Waals surface area contributed by atoms with Crippen LogP contribution in [-0.4, -0.2) is 27.8 Å². The van der Waals surface area contributed by atoms with Gasteiger partial charge in [-0.1, -0.05) is 47.0 Å². The summed E-state index contributed by atoms with van der Waals surface area (Å²) < 4.78 is 6.38. The Morgan fingerprint density at radius 3 is 2.03 bits per heavy atom. The minimum absolute atomic E-state index is 0.00459. The van der Waals surface area contributed by atoms with Crippen molar-refractivity contribution in [2.75, 3.05) is 0 Å². The molecule has 0 bridgehead atoms. The maximum Gasteiger partial charge on any atom is 0.173 e. The van der Waals surface area contributed by atoms with Crippen molar-refractivity contribution in [1.29, 1.82) is 0 Å². The zero-order chi connectivity index (χ0) is 24.5. The average Bonchev–Trinajstić information content (AvgIpc) is 3.10. The third kappa shape index (κ3) is 6.38. The average molecular weight is 495 g/mol. The molecule has 0 aromatic rings. The number of hydrogen-bond donors (Lipinski definition) is 1. The molecule has 4 rings (SSSR count). The molecule has 0 unspecified atom stereocenters. The monoisotopic (exact) mass is 494 g/mol. The minimum atomic E-state index is -1.31. The van der Waals surface area contributed by atoms with Crippen molar-refractivity contribution in [2.45, 2.75) is 149 Å². The molecular formula is C29H58O2Si2. The van der Waals surface area contributed by atoms with Gasteiger partial charge in [0.25, 0.3) is 0 Å². The summed E-state index contributed by atoms with van der Waals surface area (Å²) >= 11 is 0. The van der Waals surface area contributed by atoms with Crippen LogP contribution in [0.1, 0.15) is 105 Å². The molecule has 1 N–H and O–H groups in total. The van der Waals surface area contributed by atoms with E-state index in [2.05, 4.69) is 53.9 Å². The maximum atomic E-state index is 10.0. The molecule has 0 heterocycles. The van der Waals surface area contributed by atoms with E-state index in [1.165, 1.54) is 76.3 Å². The summed E-state index contributed by atoms with van der Waals surface area (Å²) in [5.41, 5.74) is 1.25. The fourth-order valence-electron chi connectivity index (χ4n) is 9.28. The van der Waals surface area contributed by atoms with Crippen LogP contribution in [0, 0.1) is 34.5 Å². The molecular weight excluding hydrogens is 436 g/mol. The van der Waals surface area contributed by atoms with Crippen molar-refractivity contribution in [3.63, 3.8) is 0 Å². The van der Waals surface area contributed by atoms with Gasteiger partial charge in [0.2, 0.25) is 0 Å². The summed E-state index contributed by atoms with van der Waals surface area (Å²) in [6.07, 6.45) is 16.4. The highest BCUT2D eigenvalue weighted by molar-refractivity contribution is 6.84. The van der Waals surface area contributed by atoms with Crippen LogP contribution >= 0.6 is 0 Å². The molecule has 0 radical (unpaired) electrons. The maximum absolute atomic E-state index is 10.0. The molecule has 7 atom stereocenters. The Morgan fingerprint density at radius 1 is 0.788 bits per heavy atom. The van der Waals surface area contributed by atoms with Crippen LogP contribution in [0.4, 0.5) is 0 Å². The second-order valence-electron chi connectivity index (χ2n) is 14.3. The molecule has 4 fully saturated rings. The zero-order valence-corrected chi connectivity index (χ0v) is 25.6. The van der Waals surface area contributed by atoms with Crippen molar-refractivity contribution < 1.29 is 9.22 Å². The van der Waals surface area contributed by atoms with Gasteiger partial charge in [-0.25, -0.2) is 0 Å². The van der Waals surface area contributed by atoms with Gasteiger partial charge in [-0.15, -0.1) is 0 Å². The first-order valence-electron chi connectivity index (χ1n) is 14.7. The minimum Gasteiger partial charge on any atom is -0.455 e. The zero-order valence-electron chi connectivity index (χ0n) is 23.6. The number of aliphatic hydroxyl groups excluding tert-OH is 1. The van der Waals surface area contributed by atoms with E-state index >= 15 is 0 Å². The molecule has 4 heteroatoms. The van der Waals surface area contributed by atoms with Gasteiger partial charge in [0.1, 0.15) is 0 Å². The summed E-state index contributed by atoms with van der Waals surface area (Å²) in [5, 5.41) is 10.0. The first-order chi connectivity index (χ1) is 15.4. The Hall–Kier alpha value is 0.354. The van der Waals surface area contributed by atoms with Crippen molar-refractivity contribution >= 4 is 16.6 Å². The van der Waals surface area contributed by atoms with Gasteiger partial charge >= 0.3 is 0 Å². The number of aliphatic hydroxyl groups is 1.